The number of hydrogen-bond donors (Lipinski definition) is 2. The monoisotopic (exact) mass is 352 g/mol. The Morgan fingerprint density at radius 3 is 2.38 bits per heavy atom. The van der Waals surface area contributed by atoms with Crippen molar-refractivity contribution in [3.8, 4) is 5.75 Å². The number of amides is 1. The molecule has 1 saturated carbocycles. The van der Waals surface area contributed by atoms with Crippen LogP contribution in [-0.4, -0.2) is 19.1 Å². The summed E-state index contributed by atoms with van der Waals surface area (Å²) in [6.45, 7) is 6.52. The van der Waals surface area contributed by atoms with Crippen LogP contribution in [-0.2, 0) is 10.2 Å². The molecule has 0 bridgehead atoms. The molecule has 0 heterocycles. The Morgan fingerprint density at radius 1 is 1.12 bits per heavy atom. The van der Waals surface area contributed by atoms with E-state index in [0.717, 1.165) is 29.8 Å². The fourth-order valence-electron chi connectivity index (χ4n) is 2.90. The first-order chi connectivity index (χ1) is 12.4. The molecule has 2 aromatic carbocycles. The molecule has 0 saturated heterocycles. The van der Waals surface area contributed by atoms with E-state index in [0.29, 0.717) is 6.04 Å². The summed E-state index contributed by atoms with van der Waals surface area (Å²) in [6, 6.07) is 15.8. The molecule has 26 heavy (non-hydrogen) atoms. The van der Waals surface area contributed by atoms with Crippen LogP contribution in [0, 0.1) is 0 Å². The van der Waals surface area contributed by atoms with Crippen LogP contribution in [0.4, 0.5) is 5.69 Å². The molecule has 0 aliphatic heterocycles. The van der Waals surface area contributed by atoms with Gasteiger partial charge >= 0.3 is 0 Å². The zero-order valence-corrected chi connectivity index (χ0v) is 16.0. The van der Waals surface area contributed by atoms with Gasteiger partial charge in [-0.25, -0.2) is 0 Å². The molecule has 1 aliphatic rings. The zero-order chi connectivity index (χ0) is 18.7. The molecule has 1 amide bonds. The molecule has 1 unspecified atom stereocenters. The maximum absolute atomic E-state index is 12.9. The van der Waals surface area contributed by atoms with Gasteiger partial charge in [0.1, 0.15) is 11.8 Å². The summed E-state index contributed by atoms with van der Waals surface area (Å²) >= 11 is 0. The Hall–Kier alpha value is -2.49. The molecule has 0 radical (unpaired) electrons. The number of hydrogen-bond acceptors (Lipinski definition) is 3. The predicted molar refractivity (Wildman–Crippen MR) is 106 cm³/mol. The molecule has 2 N–H and O–H groups in total. The van der Waals surface area contributed by atoms with Crippen molar-refractivity contribution in [1.29, 1.82) is 0 Å². The van der Waals surface area contributed by atoms with Gasteiger partial charge in [-0.05, 0) is 41.5 Å². The van der Waals surface area contributed by atoms with E-state index in [-0.39, 0.29) is 11.3 Å². The summed E-state index contributed by atoms with van der Waals surface area (Å²) in [4.78, 5) is 12.9. The van der Waals surface area contributed by atoms with Gasteiger partial charge in [0.25, 0.3) is 0 Å². The average Bonchev–Trinajstić information content (AvgIpc) is 3.43. The highest BCUT2D eigenvalue weighted by Gasteiger charge is 2.29. The van der Waals surface area contributed by atoms with Crippen LogP contribution < -0.4 is 15.4 Å². The fraction of sp³-hybridized carbons (Fsp3) is 0.409. The second-order valence-corrected chi connectivity index (χ2v) is 7.94. The van der Waals surface area contributed by atoms with Gasteiger partial charge in [-0.1, -0.05) is 57.2 Å². The molecular weight excluding hydrogens is 324 g/mol. The number of carbonyl (C=O) groups excluding carboxylic acids is 1. The number of rotatable bonds is 6. The number of anilines is 1. The summed E-state index contributed by atoms with van der Waals surface area (Å²) in [6.07, 6.45) is 2.13. The second-order valence-electron chi connectivity index (χ2n) is 7.94. The molecule has 4 nitrogen and oxygen atoms in total. The maximum Gasteiger partial charge on any atom is 0.247 e. The van der Waals surface area contributed by atoms with Crippen molar-refractivity contribution in [2.45, 2.75) is 51.1 Å². The van der Waals surface area contributed by atoms with E-state index in [1.807, 2.05) is 36.4 Å². The van der Waals surface area contributed by atoms with Crippen LogP contribution in [0.1, 0.15) is 50.8 Å². The first kappa shape index (κ1) is 18.3. The highest BCUT2D eigenvalue weighted by molar-refractivity contribution is 5.87. The molecule has 1 fully saturated rings. The largest absolute Gasteiger partial charge is 0.495 e. The lowest BCUT2D eigenvalue weighted by Crippen LogP contribution is -2.35. The van der Waals surface area contributed by atoms with Crippen molar-refractivity contribution in [3.05, 3.63) is 59.7 Å². The lowest BCUT2D eigenvalue weighted by molar-refractivity contribution is -0.122. The summed E-state index contributed by atoms with van der Waals surface area (Å²) in [5, 5.41) is 6.54. The minimum Gasteiger partial charge on any atom is -0.495 e. The lowest BCUT2D eigenvalue weighted by atomic mass is 9.86. The second kappa shape index (κ2) is 7.40. The third-order valence-electron chi connectivity index (χ3n) is 4.68. The van der Waals surface area contributed by atoms with Gasteiger partial charge in [0.15, 0.2) is 0 Å². The smallest absolute Gasteiger partial charge is 0.247 e. The van der Waals surface area contributed by atoms with Gasteiger partial charge in [-0.2, -0.15) is 0 Å². The summed E-state index contributed by atoms with van der Waals surface area (Å²) in [7, 11) is 1.65. The van der Waals surface area contributed by atoms with Gasteiger partial charge in [-0.15, -0.1) is 0 Å². The number of benzene rings is 2. The van der Waals surface area contributed by atoms with E-state index < -0.39 is 6.04 Å². The number of ether oxygens (including phenoxy) is 1. The third-order valence-corrected chi connectivity index (χ3v) is 4.68. The van der Waals surface area contributed by atoms with Crippen molar-refractivity contribution in [1.82, 2.24) is 5.32 Å². The van der Waals surface area contributed by atoms with Gasteiger partial charge in [0.2, 0.25) is 5.91 Å². The SMILES string of the molecule is COc1ccc(C(C)(C)C)cc1NC(C(=O)NC1CC1)c1ccccc1. The number of carbonyl (C=O) groups is 1. The van der Waals surface area contributed by atoms with E-state index in [1.54, 1.807) is 7.11 Å². The minimum absolute atomic E-state index is 0.00177. The van der Waals surface area contributed by atoms with E-state index in [1.165, 1.54) is 5.56 Å². The van der Waals surface area contributed by atoms with Crippen molar-refractivity contribution in [2.24, 2.45) is 0 Å². The first-order valence-electron chi connectivity index (χ1n) is 9.19. The molecular formula is C22H28N2O2. The summed E-state index contributed by atoms with van der Waals surface area (Å²) < 4.78 is 5.53. The molecule has 0 aromatic heterocycles. The third kappa shape index (κ3) is 4.37. The molecule has 2 aromatic rings. The highest BCUT2D eigenvalue weighted by Crippen LogP contribution is 2.34. The van der Waals surface area contributed by atoms with E-state index in [9.17, 15) is 4.79 Å². The topological polar surface area (TPSA) is 50.4 Å². The Labute approximate surface area is 156 Å². The number of methoxy groups -OCH3 is 1. The standard InChI is InChI=1S/C22H28N2O2/c1-22(2,3)16-10-13-19(26-4)18(14-16)24-20(15-8-6-5-7-9-15)21(25)23-17-11-12-17/h5-10,13-14,17,20,24H,11-12H2,1-4H3,(H,23,25). The van der Waals surface area contributed by atoms with E-state index in [2.05, 4.69) is 43.5 Å². The van der Waals surface area contributed by atoms with E-state index >= 15 is 0 Å². The van der Waals surface area contributed by atoms with Gasteiger partial charge in [0.05, 0.1) is 12.8 Å². The summed E-state index contributed by atoms with van der Waals surface area (Å²) in [5.74, 6) is 0.736. The van der Waals surface area contributed by atoms with Crippen LogP contribution in [0.3, 0.4) is 0 Å². The Kier molecular flexibility index (Phi) is 5.21. The first-order valence-corrected chi connectivity index (χ1v) is 9.19. The zero-order valence-electron chi connectivity index (χ0n) is 16.0. The molecule has 0 spiro atoms. The molecule has 138 valence electrons. The van der Waals surface area contributed by atoms with Gasteiger partial charge in [-0.3, -0.25) is 4.79 Å². The van der Waals surface area contributed by atoms with Crippen LogP contribution in [0.2, 0.25) is 0 Å². The normalized spacial score (nSPS) is 15.2. The van der Waals surface area contributed by atoms with E-state index in [4.69, 9.17) is 4.74 Å². The quantitative estimate of drug-likeness (QED) is 0.809. The van der Waals surface area contributed by atoms with Crippen LogP contribution in [0.15, 0.2) is 48.5 Å². The van der Waals surface area contributed by atoms with Crippen LogP contribution >= 0.6 is 0 Å². The Balaban J connectivity index is 1.94. The van der Waals surface area contributed by atoms with Gasteiger partial charge in [0, 0.05) is 6.04 Å². The average molecular weight is 352 g/mol. The molecule has 1 atom stereocenters. The Morgan fingerprint density at radius 2 is 1.81 bits per heavy atom. The predicted octanol–water partition coefficient (Wildman–Crippen LogP) is 4.42. The highest BCUT2D eigenvalue weighted by atomic mass is 16.5. The van der Waals surface area contributed by atoms with Crippen LogP contribution in [0.5, 0.6) is 5.75 Å². The van der Waals surface area contributed by atoms with Gasteiger partial charge < -0.3 is 15.4 Å². The summed E-state index contributed by atoms with van der Waals surface area (Å²) in [5.41, 5.74) is 2.98. The van der Waals surface area contributed by atoms with Crippen LogP contribution in [0.25, 0.3) is 0 Å². The van der Waals surface area contributed by atoms with Crippen molar-refractivity contribution >= 4 is 11.6 Å². The fourth-order valence-corrected chi connectivity index (χ4v) is 2.90. The number of nitrogens with one attached hydrogen (secondary N) is 2. The Bertz CT molecular complexity index is 761. The van der Waals surface area contributed by atoms with Crippen molar-refractivity contribution in [3.63, 3.8) is 0 Å². The van der Waals surface area contributed by atoms with Crippen molar-refractivity contribution < 1.29 is 9.53 Å². The maximum atomic E-state index is 12.9. The van der Waals surface area contributed by atoms with Crippen molar-refractivity contribution in [2.75, 3.05) is 12.4 Å². The molecule has 1 aliphatic carbocycles. The molecule has 3 rings (SSSR count). The minimum atomic E-state index is -0.457. The molecule has 4 heteroatoms. The lowest BCUT2D eigenvalue weighted by Gasteiger charge is -2.24.